The van der Waals surface area contributed by atoms with Crippen molar-refractivity contribution >= 4 is 23.2 Å². The van der Waals surface area contributed by atoms with E-state index >= 15 is 0 Å². The molecular formula is C22H23N4O8+. The lowest BCUT2D eigenvalue weighted by Crippen LogP contribution is -2.68. The number of benzene rings is 1. The van der Waals surface area contributed by atoms with Crippen molar-refractivity contribution in [2.45, 2.75) is 30.6 Å². The Balaban J connectivity index is 2.07. The Morgan fingerprint density at radius 1 is 1.21 bits per heavy atom. The summed E-state index contributed by atoms with van der Waals surface area (Å²) in [6, 6.07) is 1.36. The van der Waals surface area contributed by atoms with Gasteiger partial charge in [0.25, 0.3) is 5.91 Å². The van der Waals surface area contributed by atoms with E-state index in [0.29, 0.717) is 0 Å². The molecule has 6 atom stereocenters. The van der Waals surface area contributed by atoms with E-state index in [4.69, 9.17) is 11.1 Å². The summed E-state index contributed by atoms with van der Waals surface area (Å²) >= 11 is 0. The maximum absolute atomic E-state index is 13.5. The van der Waals surface area contributed by atoms with Crippen molar-refractivity contribution in [3.05, 3.63) is 50.9 Å². The minimum Gasteiger partial charge on any atom is -0.510 e. The first-order valence-electron chi connectivity index (χ1n) is 10.4. The van der Waals surface area contributed by atoms with E-state index in [-0.39, 0.29) is 16.8 Å². The molecule has 1 aromatic rings. The van der Waals surface area contributed by atoms with E-state index < -0.39 is 81.4 Å². The number of nitrogens with zero attached hydrogens (tertiary/aromatic N) is 3. The quantitative estimate of drug-likeness (QED) is 0.254. The number of carbonyl (C=O) groups excluding carboxylic acids is 3. The van der Waals surface area contributed by atoms with Gasteiger partial charge in [-0.15, -0.1) is 0 Å². The number of aromatic hydroxyl groups is 1. The third-order valence-corrected chi connectivity index (χ3v) is 7.22. The van der Waals surface area contributed by atoms with E-state index in [1.165, 1.54) is 31.1 Å². The minimum atomic E-state index is -2.97. The van der Waals surface area contributed by atoms with Crippen LogP contribution < -0.4 is 5.73 Å². The number of amides is 1. The van der Waals surface area contributed by atoms with Gasteiger partial charge in [0.2, 0.25) is 16.9 Å². The number of Topliss-reactive ketones (excluding diaryl/α,β-unsaturated/α-hetero) is 2. The number of phenols is 1. The highest BCUT2D eigenvalue weighted by molar-refractivity contribution is 6.25. The van der Waals surface area contributed by atoms with Crippen LogP contribution in [0.5, 0.6) is 5.75 Å². The number of hydrogen-bond acceptors (Lipinski definition) is 10. The van der Waals surface area contributed by atoms with Gasteiger partial charge in [0.1, 0.15) is 17.1 Å². The van der Waals surface area contributed by atoms with Gasteiger partial charge >= 0.3 is 5.69 Å². The van der Waals surface area contributed by atoms with Crippen molar-refractivity contribution in [1.82, 2.24) is 4.90 Å². The van der Waals surface area contributed by atoms with Crippen LogP contribution in [0.1, 0.15) is 28.8 Å². The molecule has 7 N–H and O–H groups in total. The van der Waals surface area contributed by atoms with Crippen molar-refractivity contribution in [2.24, 2.45) is 17.6 Å². The first kappa shape index (κ1) is 23.4. The Morgan fingerprint density at radius 3 is 2.35 bits per heavy atom. The standard InChI is InChI=1S/C22H22N4O8/c1-6-7-4-5-8(25-24)15(27)10(7)16(28)11-9(6)17(29)13-14(26(2)3)18(30)12(21(23)33)20(32)22(13,34)19(11)31/h4-6,9,13-14,17,29,34H,1-3H3,(H4-,23,27,28,30,31,32,33)/p+1/t6-,9?,13?,14-,17-,22-/m0/s1. The number of hydrogen-bond donors (Lipinski definition) is 6. The summed E-state index contributed by atoms with van der Waals surface area (Å²) in [5, 5.41) is 64.5. The van der Waals surface area contributed by atoms with Crippen LogP contribution in [-0.4, -0.2) is 79.7 Å². The Labute approximate surface area is 192 Å². The Morgan fingerprint density at radius 2 is 1.82 bits per heavy atom. The van der Waals surface area contributed by atoms with Gasteiger partial charge in [0, 0.05) is 17.6 Å². The van der Waals surface area contributed by atoms with Gasteiger partial charge in [-0.1, -0.05) is 6.92 Å². The number of primary amides is 1. The summed E-state index contributed by atoms with van der Waals surface area (Å²) in [5.41, 5.74) is 0.429. The van der Waals surface area contributed by atoms with Crippen molar-refractivity contribution in [2.75, 3.05) is 14.1 Å². The summed E-state index contributed by atoms with van der Waals surface area (Å²) in [6.07, 6.45) is -1.67. The lowest BCUT2D eigenvalue weighted by atomic mass is 9.55. The van der Waals surface area contributed by atoms with Crippen LogP contribution in [0.2, 0.25) is 0 Å². The summed E-state index contributed by atoms with van der Waals surface area (Å²) in [4.78, 5) is 42.9. The zero-order valence-electron chi connectivity index (χ0n) is 18.4. The molecule has 4 rings (SSSR count). The molecule has 12 heteroatoms. The fourth-order valence-electron chi connectivity index (χ4n) is 5.69. The normalized spacial score (nSPS) is 32.8. The van der Waals surface area contributed by atoms with Crippen molar-refractivity contribution < 1.29 is 39.9 Å². The van der Waals surface area contributed by atoms with Crippen molar-refractivity contribution in [3.8, 4) is 5.75 Å². The molecule has 0 heterocycles. The summed E-state index contributed by atoms with van der Waals surface area (Å²) in [7, 11) is 2.92. The molecule has 0 fully saturated rings. The monoisotopic (exact) mass is 471 g/mol. The predicted molar refractivity (Wildman–Crippen MR) is 115 cm³/mol. The number of nitrogens with two attached hydrogens (primary N) is 1. The van der Waals surface area contributed by atoms with Crippen LogP contribution in [0, 0.1) is 17.2 Å². The lowest BCUT2D eigenvalue weighted by Gasteiger charge is -2.53. The van der Waals surface area contributed by atoms with Crippen LogP contribution >= 0.6 is 0 Å². The summed E-state index contributed by atoms with van der Waals surface area (Å²) in [5.74, 6) is -9.85. The molecule has 2 unspecified atom stereocenters. The zero-order valence-corrected chi connectivity index (χ0v) is 18.4. The fourth-order valence-corrected chi connectivity index (χ4v) is 5.69. The van der Waals surface area contributed by atoms with Crippen LogP contribution in [0.4, 0.5) is 5.69 Å². The number of aliphatic hydroxyl groups excluding tert-OH is 3. The predicted octanol–water partition coefficient (Wildman–Crippen LogP) is 0.137. The number of rotatable bonds is 2. The molecule has 0 aliphatic heterocycles. The second-order valence-corrected chi connectivity index (χ2v) is 9.05. The fraction of sp³-hybridized carbons (Fsp3) is 0.409. The maximum Gasteiger partial charge on any atom is 0.426 e. The van der Waals surface area contributed by atoms with Crippen molar-refractivity contribution in [1.29, 1.82) is 5.39 Å². The molecule has 3 aliphatic carbocycles. The summed E-state index contributed by atoms with van der Waals surface area (Å²) < 4.78 is 0. The van der Waals surface area contributed by atoms with E-state index in [1.54, 1.807) is 6.92 Å². The second kappa shape index (κ2) is 7.36. The number of aliphatic hydroxyl groups is 4. The molecule has 12 nitrogen and oxygen atoms in total. The van der Waals surface area contributed by atoms with E-state index in [2.05, 4.69) is 4.98 Å². The smallest absolute Gasteiger partial charge is 0.426 e. The second-order valence-electron chi connectivity index (χ2n) is 9.05. The number of fused-ring (bicyclic) bond motifs is 3. The van der Waals surface area contributed by atoms with Gasteiger partial charge < -0.3 is 31.3 Å². The van der Waals surface area contributed by atoms with Gasteiger partial charge in [-0.25, -0.2) is 0 Å². The van der Waals surface area contributed by atoms with Crippen LogP contribution in [0.3, 0.4) is 0 Å². The highest BCUT2D eigenvalue weighted by atomic mass is 16.4. The maximum atomic E-state index is 13.5. The number of carbonyl (C=O) groups is 3. The lowest BCUT2D eigenvalue weighted by molar-refractivity contribution is -0.162. The van der Waals surface area contributed by atoms with E-state index in [0.717, 1.165) is 0 Å². The van der Waals surface area contributed by atoms with E-state index in [9.17, 15) is 39.9 Å². The number of diazo groups is 1. The number of phenolic OH excluding ortho intramolecular Hbond substituents is 1. The third kappa shape index (κ3) is 2.62. The first-order valence-corrected chi connectivity index (χ1v) is 10.4. The average molecular weight is 471 g/mol. The molecule has 0 bridgehead atoms. The first-order chi connectivity index (χ1) is 15.8. The van der Waals surface area contributed by atoms with Crippen LogP contribution in [0.25, 0.3) is 4.98 Å². The Kier molecular flexibility index (Phi) is 5.06. The molecule has 1 aromatic carbocycles. The Bertz CT molecular complexity index is 1280. The van der Waals surface area contributed by atoms with Gasteiger partial charge in [0.05, 0.1) is 23.6 Å². The van der Waals surface area contributed by atoms with Gasteiger partial charge in [-0.2, -0.15) is 0 Å². The van der Waals surface area contributed by atoms with Gasteiger partial charge in [0.15, 0.2) is 16.4 Å². The molecule has 178 valence electrons. The molecular weight excluding hydrogens is 448 g/mol. The summed E-state index contributed by atoms with van der Waals surface area (Å²) in [6.45, 7) is 1.60. The molecule has 0 saturated carbocycles. The molecule has 0 aromatic heterocycles. The van der Waals surface area contributed by atoms with E-state index in [1.807, 2.05) is 0 Å². The molecule has 0 spiro atoms. The number of ketones is 2. The highest BCUT2D eigenvalue weighted by Gasteiger charge is 2.67. The van der Waals surface area contributed by atoms with Crippen LogP contribution in [0.15, 0.2) is 34.8 Å². The molecule has 0 radical (unpaired) electrons. The minimum absolute atomic E-state index is 0.280. The van der Waals surface area contributed by atoms with Gasteiger partial charge in [-0.05, 0) is 31.6 Å². The highest BCUT2D eigenvalue weighted by Crippen LogP contribution is 2.56. The molecule has 0 saturated heterocycles. The van der Waals surface area contributed by atoms with Crippen LogP contribution in [-0.2, 0) is 9.59 Å². The average Bonchev–Trinajstić information content (AvgIpc) is 2.75. The topological polar surface area (TPSA) is 210 Å². The molecule has 34 heavy (non-hydrogen) atoms. The Hall–Kier alpha value is -3.79. The van der Waals surface area contributed by atoms with Gasteiger partial charge in [-0.3, -0.25) is 19.3 Å². The van der Waals surface area contributed by atoms with Crippen molar-refractivity contribution in [3.63, 3.8) is 0 Å². The largest absolute Gasteiger partial charge is 0.510 e. The third-order valence-electron chi connectivity index (χ3n) is 7.22. The zero-order chi connectivity index (χ0) is 25.4. The molecule has 3 aliphatic rings. The SMILES string of the molecule is C[C@H]1c2ccc([N+]#N)c(O)c2C(=O)C2=C(O)[C@]3(O)C(=O)C(C(N)=O)=C(O)[C@@H](N(C)C)C3[C@@H](O)C21. The molecule has 1 amide bonds. The number of likely N-dealkylation sites (N-methyl/N-ethyl adjacent to an activating group) is 1.